The first-order valence-corrected chi connectivity index (χ1v) is 7.22. The molecule has 23 heavy (non-hydrogen) atoms. The molecule has 0 saturated heterocycles. The van der Waals surface area contributed by atoms with Gasteiger partial charge < -0.3 is 0 Å². The number of para-hydroxylation sites is 1. The zero-order valence-corrected chi connectivity index (χ0v) is 12.6. The lowest BCUT2D eigenvalue weighted by Crippen LogP contribution is -2.04. The first-order valence-electron chi connectivity index (χ1n) is 6.84. The summed E-state index contributed by atoms with van der Waals surface area (Å²) in [5.41, 5.74) is 1.20. The van der Waals surface area contributed by atoms with Crippen LogP contribution in [0.1, 0.15) is 16.7 Å². The predicted molar refractivity (Wildman–Crippen MR) is 87.1 cm³/mol. The second-order valence-corrected chi connectivity index (χ2v) is 5.38. The van der Waals surface area contributed by atoms with Crippen LogP contribution in [0, 0.1) is 0 Å². The summed E-state index contributed by atoms with van der Waals surface area (Å²) < 4.78 is 38.1. The summed E-state index contributed by atoms with van der Waals surface area (Å²) in [5.74, 6) is 0. The van der Waals surface area contributed by atoms with Gasteiger partial charge >= 0.3 is 6.18 Å². The van der Waals surface area contributed by atoms with E-state index < -0.39 is 11.7 Å². The van der Waals surface area contributed by atoms with E-state index >= 15 is 0 Å². The van der Waals surface area contributed by atoms with Gasteiger partial charge in [-0.25, -0.2) is 4.98 Å². The lowest BCUT2D eigenvalue weighted by molar-refractivity contribution is -0.137. The summed E-state index contributed by atoms with van der Waals surface area (Å²) in [6.45, 7) is 0. The van der Waals surface area contributed by atoms with Gasteiger partial charge in [0.25, 0.3) is 0 Å². The Morgan fingerprint density at radius 2 is 1.70 bits per heavy atom. The van der Waals surface area contributed by atoms with Gasteiger partial charge in [-0.1, -0.05) is 54.1 Å². The third kappa shape index (κ3) is 3.54. The quantitative estimate of drug-likeness (QED) is 0.518. The Hall–Kier alpha value is -2.33. The second kappa shape index (κ2) is 6.05. The van der Waals surface area contributed by atoms with Crippen molar-refractivity contribution in [2.75, 3.05) is 0 Å². The van der Waals surface area contributed by atoms with E-state index in [0.29, 0.717) is 16.3 Å². The van der Waals surface area contributed by atoms with Crippen molar-refractivity contribution in [3.8, 4) is 0 Å². The van der Waals surface area contributed by atoms with Crippen molar-refractivity contribution in [3.05, 3.63) is 76.4 Å². The zero-order chi connectivity index (χ0) is 16.4. The number of pyridine rings is 1. The average molecular weight is 334 g/mol. The lowest BCUT2D eigenvalue weighted by Gasteiger charge is -2.07. The molecule has 0 unspecified atom stereocenters. The molecule has 0 N–H and O–H groups in total. The highest BCUT2D eigenvalue weighted by Crippen LogP contribution is 2.30. The summed E-state index contributed by atoms with van der Waals surface area (Å²) in [5, 5.41) is 1.23. The highest BCUT2D eigenvalue weighted by atomic mass is 35.5. The fraction of sp³-hybridized carbons (Fsp3) is 0.0556. The van der Waals surface area contributed by atoms with Crippen molar-refractivity contribution in [3.63, 3.8) is 0 Å². The van der Waals surface area contributed by atoms with Crippen molar-refractivity contribution in [2.24, 2.45) is 0 Å². The average Bonchev–Trinajstić information content (AvgIpc) is 2.52. The maximum Gasteiger partial charge on any atom is 0.416 e. The third-order valence-corrected chi connectivity index (χ3v) is 3.68. The smallest absolute Gasteiger partial charge is 0.235 e. The van der Waals surface area contributed by atoms with Crippen LogP contribution in [0.15, 0.2) is 54.6 Å². The predicted octanol–water partition coefficient (Wildman–Crippen LogP) is 6.08. The van der Waals surface area contributed by atoms with Crippen LogP contribution in [0.5, 0.6) is 0 Å². The molecule has 116 valence electrons. The van der Waals surface area contributed by atoms with E-state index in [1.165, 1.54) is 6.07 Å². The van der Waals surface area contributed by atoms with Crippen LogP contribution >= 0.6 is 11.6 Å². The molecule has 0 fully saturated rings. The van der Waals surface area contributed by atoms with Gasteiger partial charge in [-0.05, 0) is 29.8 Å². The van der Waals surface area contributed by atoms with Crippen LogP contribution in [0.4, 0.5) is 13.2 Å². The molecule has 1 nitrogen and oxygen atoms in total. The first-order chi connectivity index (χ1) is 10.9. The molecule has 0 aliphatic carbocycles. The van der Waals surface area contributed by atoms with Gasteiger partial charge in [-0.2, -0.15) is 13.2 Å². The third-order valence-electron chi connectivity index (χ3n) is 3.37. The van der Waals surface area contributed by atoms with E-state index in [1.807, 2.05) is 30.3 Å². The number of hydrogen-bond acceptors (Lipinski definition) is 1. The number of alkyl halides is 3. The molecule has 5 heteroatoms. The summed E-state index contributed by atoms with van der Waals surface area (Å²) >= 11 is 6.13. The molecule has 0 bridgehead atoms. The maximum atomic E-state index is 12.7. The standard InChI is InChI=1S/C18H11ClF3N/c19-17-14(11-13-5-1-2-7-16(13)23-17)9-8-12-4-3-6-15(10-12)18(20,21)22/h1-11H/b9-8-. The minimum absolute atomic E-state index is 0.312. The van der Waals surface area contributed by atoms with Crippen molar-refractivity contribution in [2.45, 2.75) is 6.18 Å². The SMILES string of the molecule is FC(F)(F)c1cccc(/C=C\c2cc3ccccc3nc2Cl)c1. The molecule has 2 aromatic carbocycles. The highest BCUT2D eigenvalue weighted by Gasteiger charge is 2.30. The Kier molecular flexibility index (Phi) is 4.09. The Morgan fingerprint density at radius 1 is 0.913 bits per heavy atom. The summed E-state index contributed by atoms with van der Waals surface area (Å²) in [6.07, 6.45) is -1.10. The van der Waals surface area contributed by atoms with E-state index in [1.54, 1.807) is 18.2 Å². The number of fused-ring (bicyclic) bond motifs is 1. The minimum atomic E-state index is -4.36. The Morgan fingerprint density at radius 3 is 2.48 bits per heavy atom. The van der Waals surface area contributed by atoms with Crippen LogP contribution in [0.2, 0.25) is 5.15 Å². The van der Waals surface area contributed by atoms with Crippen molar-refractivity contribution < 1.29 is 13.2 Å². The van der Waals surface area contributed by atoms with Gasteiger partial charge in [-0.15, -0.1) is 0 Å². The molecule has 0 atom stereocenters. The minimum Gasteiger partial charge on any atom is -0.235 e. The number of nitrogens with zero attached hydrogens (tertiary/aromatic N) is 1. The molecule has 0 amide bonds. The molecule has 3 rings (SSSR count). The fourth-order valence-corrected chi connectivity index (χ4v) is 2.44. The molecule has 0 saturated carbocycles. The van der Waals surface area contributed by atoms with Gasteiger partial charge in [0.15, 0.2) is 0 Å². The van der Waals surface area contributed by atoms with Gasteiger partial charge in [0, 0.05) is 10.9 Å². The highest BCUT2D eigenvalue weighted by molar-refractivity contribution is 6.31. The molecule has 3 aromatic rings. The monoisotopic (exact) mass is 333 g/mol. The van der Waals surface area contributed by atoms with Gasteiger partial charge in [0.2, 0.25) is 0 Å². The van der Waals surface area contributed by atoms with Crippen LogP contribution in [0.3, 0.4) is 0 Å². The number of benzene rings is 2. The lowest BCUT2D eigenvalue weighted by atomic mass is 10.1. The Bertz CT molecular complexity index is 885. The molecule has 0 radical (unpaired) electrons. The van der Waals surface area contributed by atoms with Gasteiger partial charge in [0.1, 0.15) is 5.15 Å². The summed E-state index contributed by atoms with van der Waals surface area (Å²) in [4.78, 5) is 4.28. The first kappa shape index (κ1) is 15.6. The van der Waals surface area contributed by atoms with E-state index in [-0.39, 0.29) is 0 Å². The number of rotatable bonds is 2. The second-order valence-electron chi connectivity index (χ2n) is 5.02. The molecule has 0 aliphatic rings. The maximum absolute atomic E-state index is 12.7. The molecule has 1 aromatic heterocycles. The molecular formula is C18H11ClF3N. The van der Waals surface area contributed by atoms with E-state index in [4.69, 9.17) is 11.6 Å². The normalized spacial score (nSPS) is 12.2. The molecule has 1 heterocycles. The van der Waals surface area contributed by atoms with Gasteiger partial charge in [-0.3, -0.25) is 0 Å². The van der Waals surface area contributed by atoms with E-state index in [0.717, 1.165) is 23.0 Å². The molecular weight excluding hydrogens is 323 g/mol. The van der Waals surface area contributed by atoms with Crippen LogP contribution < -0.4 is 0 Å². The largest absolute Gasteiger partial charge is 0.416 e. The van der Waals surface area contributed by atoms with E-state index in [2.05, 4.69) is 4.98 Å². The van der Waals surface area contributed by atoms with Crippen molar-refractivity contribution in [1.82, 2.24) is 4.98 Å². The molecule has 0 spiro atoms. The Labute approximate surface area is 136 Å². The molecule has 0 aliphatic heterocycles. The zero-order valence-electron chi connectivity index (χ0n) is 11.8. The van der Waals surface area contributed by atoms with Gasteiger partial charge in [0.05, 0.1) is 11.1 Å². The summed E-state index contributed by atoms with van der Waals surface area (Å²) in [6, 6.07) is 14.5. The number of aromatic nitrogens is 1. The van der Waals surface area contributed by atoms with Crippen LogP contribution in [-0.4, -0.2) is 4.98 Å². The number of halogens is 4. The van der Waals surface area contributed by atoms with E-state index in [9.17, 15) is 13.2 Å². The summed E-state index contributed by atoms with van der Waals surface area (Å²) in [7, 11) is 0. The van der Waals surface area contributed by atoms with Crippen LogP contribution in [0.25, 0.3) is 23.1 Å². The van der Waals surface area contributed by atoms with Crippen molar-refractivity contribution in [1.29, 1.82) is 0 Å². The van der Waals surface area contributed by atoms with Crippen LogP contribution in [-0.2, 0) is 6.18 Å². The Balaban J connectivity index is 1.95. The topological polar surface area (TPSA) is 12.9 Å². The number of hydrogen-bond donors (Lipinski definition) is 0. The fourth-order valence-electron chi connectivity index (χ4n) is 2.23. The van der Waals surface area contributed by atoms with Crippen molar-refractivity contribution >= 4 is 34.7 Å².